The fourth-order valence-electron chi connectivity index (χ4n) is 1.54. The minimum atomic E-state index is 0.0962. The summed E-state index contributed by atoms with van der Waals surface area (Å²) in [5.41, 5.74) is 3.57. The van der Waals surface area contributed by atoms with Crippen LogP contribution in [0.1, 0.15) is 5.56 Å². The molecule has 72 valence electrons. The van der Waals surface area contributed by atoms with Crippen LogP contribution < -0.4 is 5.32 Å². The van der Waals surface area contributed by atoms with Crippen molar-refractivity contribution in [2.24, 2.45) is 0 Å². The third-order valence-corrected chi connectivity index (χ3v) is 2.22. The molecule has 0 aliphatic carbocycles. The van der Waals surface area contributed by atoms with Crippen molar-refractivity contribution < 1.29 is 5.11 Å². The highest BCUT2D eigenvalue weighted by Crippen LogP contribution is 2.23. The first kappa shape index (κ1) is 9.03. The van der Waals surface area contributed by atoms with E-state index in [1.54, 1.807) is 6.08 Å². The number of rotatable bonds is 2. The highest BCUT2D eigenvalue weighted by atomic mass is 16.2. The van der Waals surface area contributed by atoms with E-state index in [0.717, 1.165) is 6.54 Å². The molecule has 2 N–H and O–H groups in total. The molecule has 0 radical (unpaired) electrons. The van der Waals surface area contributed by atoms with Gasteiger partial charge in [-0.05, 0) is 23.3 Å². The van der Waals surface area contributed by atoms with E-state index in [9.17, 15) is 0 Å². The Balaban J connectivity index is 2.27. The average molecular weight is 187 g/mol. The van der Waals surface area contributed by atoms with Crippen molar-refractivity contribution in [3.63, 3.8) is 0 Å². The van der Waals surface area contributed by atoms with Crippen LogP contribution in [0, 0.1) is 0 Å². The number of para-hydroxylation sites is 1. The van der Waals surface area contributed by atoms with Crippen LogP contribution in [0.15, 0.2) is 42.0 Å². The third kappa shape index (κ3) is 1.86. The molecule has 0 saturated carbocycles. The summed E-state index contributed by atoms with van der Waals surface area (Å²) in [5, 5.41) is 12.0. The number of nitrogens with one attached hydrogen (secondary N) is 1. The highest BCUT2D eigenvalue weighted by Gasteiger charge is 2.05. The Bertz CT molecular complexity index is 380. The molecule has 0 amide bonds. The van der Waals surface area contributed by atoms with E-state index in [4.69, 9.17) is 5.11 Å². The van der Waals surface area contributed by atoms with Crippen LogP contribution >= 0.6 is 0 Å². The maximum atomic E-state index is 8.66. The van der Waals surface area contributed by atoms with Gasteiger partial charge in [-0.15, -0.1) is 0 Å². The van der Waals surface area contributed by atoms with Crippen LogP contribution in [0.5, 0.6) is 0 Å². The lowest BCUT2D eigenvalue weighted by atomic mass is 10.0. The second kappa shape index (κ2) is 4.11. The molecule has 0 spiro atoms. The Morgan fingerprint density at radius 3 is 3.07 bits per heavy atom. The summed E-state index contributed by atoms with van der Waals surface area (Å²) >= 11 is 0. The molecular formula is C12H13NO. The fraction of sp³-hybridized carbons (Fsp3) is 0.167. The minimum absolute atomic E-state index is 0.0962. The molecule has 2 heteroatoms. The van der Waals surface area contributed by atoms with Gasteiger partial charge in [0, 0.05) is 12.2 Å². The zero-order valence-corrected chi connectivity index (χ0v) is 7.90. The van der Waals surface area contributed by atoms with Crippen molar-refractivity contribution >= 4 is 11.8 Å². The topological polar surface area (TPSA) is 32.3 Å². The average Bonchev–Trinajstić information content (AvgIpc) is 2.26. The first-order chi connectivity index (χ1) is 6.90. The Hall–Kier alpha value is -1.54. The lowest BCUT2D eigenvalue weighted by molar-refractivity contribution is 0.342. The van der Waals surface area contributed by atoms with Gasteiger partial charge in [0.25, 0.3) is 0 Å². The number of hydrogen-bond donors (Lipinski definition) is 2. The van der Waals surface area contributed by atoms with E-state index in [2.05, 4.69) is 23.5 Å². The Morgan fingerprint density at radius 2 is 2.21 bits per heavy atom. The summed E-state index contributed by atoms with van der Waals surface area (Å²) in [4.78, 5) is 0. The molecule has 2 nitrogen and oxygen atoms in total. The van der Waals surface area contributed by atoms with Crippen molar-refractivity contribution in [3.8, 4) is 0 Å². The molecule has 0 fully saturated rings. The largest absolute Gasteiger partial charge is 0.392 e. The van der Waals surface area contributed by atoms with E-state index in [0.29, 0.717) is 0 Å². The van der Waals surface area contributed by atoms with E-state index >= 15 is 0 Å². The highest BCUT2D eigenvalue weighted by molar-refractivity contribution is 5.73. The number of aliphatic hydroxyl groups is 1. The zero-order chi connectivity index (χ0) is 9.80. The minimum Gasteiger partial charge on any atom is -0.392 e. The van der Waals surface area contributed by atoms with Crippen molar-refractivity contribution in [2.75, 3.05) is 18.5 Å². The summed E-state index contributed by atoms with van der Waals surface area (Å²) in [7, 11) is 0. The molecule has 1 aliphatic heterocycles. The molecule has 14 heavy (non-hydrogen) atoms. The lowest BCUT2D eigenvalue weighted by Crippen LogP contribution is -2.08. The number of fused-ring (bicyclic) bond motifs is 1. The summed E-state index contributed by atoms with van der Waals surface area (Å²) in [6, 6.07) is 8.19. The monoisotopic (exact) mass is 187 g/mol. The van der Waals surface area contributed by atoms with Gasteiger partial charge < -0.3 is 10.4 Å². The fourth-order valence-corrected chi connectivity index (χ4v) is 1.54. The van der Waals surface area contributed by atoms with Crippen LogP contribution in [0.2, 0.25) is 0 Å². The number of anilines is 1. The molecule has 1 aromatic carbocycles. The molecule has 0 atom stereocenters. The van der Waals surface area contributed by atoms with Gasteiger partial charge in [-0.1, -0.05) is 30.4 Å². The normalized spacial score (nSPS) is 14.8. The molecule has 0 unspecified atom stereocenters. The maximum absolute atomic E-state index is 8.66. The molecule has 0 bridgehead atoms. The van der Waals surface area contributed by atoms with Crippen molar-refractivity contribution in [1.82, 2.24) is 0 Å². The van der Waals surface area contributed by atoms with Crippen molar-refractivity contribution in [2.45, 2.75) is 0 Å². The molecule has 1 aliphatic rings. The van der Waals surface area contributed by atoms with Gasteiger partial charge in [0.05, 0.1) is 6.61 Å². The second-order valence-corrected chi connectivity index (χ2v) is 3.24. The quantitative estimate of drug-likeness (QED) is 0.742. The molecule has 2 rings (SSSR count). The molecule has 0 saturated heterocycles. The predicted molar refractivity (Wildman–Crippen MR) is 59.1 cm³/mol. The van der Waals surface area contributed by atoms with Gasteiger partial charge in [0.1, 0.15) is 0 Å². The van der Waals surface area contributed by atoms with Crippen LogP contribution in [-0.4, -0.2) is 18.3 Å². The zero-order valence-electron chi connectivity index (χ0n) is 7.90. The first-order valence-corrected chi connectivity index (χ1v) is 4.71. The van der Waals surface area contributed by atoms with Gasteiger partial charge in [0.15, 0.2) is 0 Å². The van der Waals surface area contributed by atoms with Gasteiger partial charge in [-0.3, -0.25) is 0 Å². The number of hydrogen-bond acceptors (Lipinski definition) is 2. The van der Waals surface area contributed by atoms with Gasteiger partial charge in [0.2, 0.25) is 0 Å². The Labute approximate surface area is 83.6 Å². The number of benzene rings is 1. The molecule has 1 heterocycles. The summed E-state index contributed by atoms with van der Waals surface area (Å²) < 4.78 is 0. The van der Waals surface area contributed by atoms with E-state index < -0.39 is 0 Å². The van der Waals surface area contributed by atoms with Crippen LogP contribution in [0.25, 0.3) is 6.08 Å². The second-order valence-electron chi connectivity index (χ2n) is 3.24. The molecule has 0 aromatic heterocycles. The SMILES string of the molecule is OC/C=C/C1=Cc2ccccc2NC1. The standard InChI is InChI=1S/C12H13NO/c14-7-3-4-10-8-11-5-1-2-6-12(11)13-9-10/h1-6,8,13-14H,7,9H2/b4-3+. The first-order valence-electron chi connectivity index (χ1n) is 4.71. The van der Waals surface area contributed by atoms with Crippen molar-refractivity contribution in [1.29, 1.82) is 0 Å². The lowest BCUT2D eigenvalue weighted by Gasteiger charge is -2.16. The van der Waals surface area contributed by atoms with Crippen LogP contribution in [-0.2, 0) is 0 Å². The van der Waals surface area contributed by atoms with Crippen LogP contribution in [0.3, 0.4) is 0 Å². The van der Waals surface area contributed by atoms with Gasteiger partial charge >= 0.3 is 0 Å². The van der Waals surface area contributed by atoms with Gasteiger partial charge in [-0.2, -0.15) is 0 Å². The molecule has 1 aromatic rings. The Kier molecular flexibility index (Phi) is 2.65. The van der Waals surface area contributed by atoms with E-state index in [1.165, 1.54) is 16.8 Å². The maximum Gasteiger partial charge on any atom is 0.0615 e. The van der Waals surface area contributed by atoms with E-state index in [1.807, 2.05) is 18.2 Å². The van der Waals surface area contributed by atoms with Crippen molar-refractivity contribution in [3.05, 3.63) is 47.6 Å². The summed E-state index contributed by atoms with van der Waals surface area (Å²) in [6.45, 7) is 0.923. The Morgan fingerprint density at radius 1 is 1.36 bits per heavy atom. The summed E-state index contributed by atoms with van der Waals surface area (Å²) in [6.07, 6.45) is 5.84. The predicted octanol–water partition coefficient (Wildman–Crippen LogP) is 2.04. The summed E-state index contributed by atoms with van der Waals surface area (Å²) in [5.74, 6) is 0. The third-order valence-electron chi connectivity index (χ3n) is 2.22. The van der Waals surface area contributed by atoms with Crippen LogP contribution in [0.4, 0.5) is 5.69 Å². The molecular weight excluding hydrogens is 174 g/mol. The van der Waals surface area contributed by atoms with E-state index in [-0.39, 0.29) is 6.61 Å². The number of aliphatic hydroxyl groups excluding tert-OH is 1. The van der Waals surface area contributed by atoms with Gasteiger partial charge in [-0.25, -0.2) is 0 Å². The smallest absolute Gasteiger partial charge is 0.0615 e.